The fraction of sp³-hybridized carbons (Fsp3) is 0.720. The lowest BCUT2D eigenvalue weighted by Gasteiger charge is -2.28. The number of rotatable bonds is 23. The van der Waals surface area contributed by atoms with Gasteiger partial charge in [-0.2, -0.15) is 0 Å². The molecular weight excluding hydrogens is 927 g/mol. The van der Waals surface area contributed by atoms with Gasteiger partial charge in [0.15, 0.2) is 0 Å². The molecule has 1 aromatic rings. The van der Waals surface area contributed by atoms with Gasteiger partial charge >= 0.3 is 0 Å². The van der Waals surface area contributed by atoms with E-state index in [0.717, 1.165) is 12.8 Å². The first-order valence-electron chi connectivity index (χ1n) is 25.9. The zero-order valence-electron chi connectivity index (χ0n) is 43.6. The van der Waals surface area contributed by atoms with Gasteiger partial charge in [-0.05, 0) is 107 Å². The van der Waals surface area contributed by atoms with Crippen molar-refractivity contribution in [1.82, 2.24) is 47.9 Å². The van der Waals surface area contributed by atoms with Crippen LogP contribution in [0.3, 0.4) is 0 Å². The molecule has 1 fully saturated rings. The predicted molar refractivity (Wildman–Crippen MR) is 276 cm³/mol. The van der Waals surface area contributed by atoms with Gasteiger partial charge in [-0.15, -0.1) is 0 Å². The van der Waals surface area contributed by atoms with Crippen molar-refractivity contribution in [2.24, 2.45) is 40.7 Å². The summed E-state index contributed by atoms with van der Waals surface area (Å²) in [5.41, 5.74) is 24.4. The molecule has 0 saturated carbocycles. The lowest BCUT2D eigenvalue weighted by atomic mass is 9.99. The van der Waals surface area contributed by atoms with Crippen molar-refractivity contribution in [2.75, 3.05) is 39.3 Å². The zero-order valence-corrected chi connectivity index (χ0v) is 43.6. The molecule has 8 amide bonds. The Kier molecular flexibility index (Phi) is 29.9. The average molecular weight is 1020 g/mol. The number of hydrogen-bond acceptors (Lipinski definition) is 14. The fourth-order valence-corrected chi connectivity index (χ4v) is 8.18. The third-order valence-corrected chi connectivity index (χ3v) is 12.5. The number of nitrogens with two attached hydrogens (primary N) is 4. The number of nitrogens with one attached hydrogen (secondary N) is 9. The first-order valence-corrected chi connectivity index (χ1v) is 25.9. The van der Waals surface area contributed by atoms with E-state index in [1.807, 2.05) is 27.7 Å². The second kappa shape index (κ2) is 34.2. The quantitative estimate of drug-likeness (QED) is 0.0574. The topological polar surface area (TPSA) is 369 Å². The van der Waals surface area contributed by atoms with E-state index in [0.29, 0.717) is 17.9 Å². The van der Waals surface area contributed by atoms with Crippen molar-refractivity contribution >= 4 is 47.3 Å². The third kappa shape index (κ3) is 24.0. The van der Waals surface area contributed by atoms with E-state index in [-0.39, 0.29) is 109 Å². The van der Waals surface area contributed by atoms with Gasteiger partial charge in [0, 0.05) is 25.6 Å². The van der Waals surface area contributed by atoms with Crippen molar-refractivity contribution in [3.05, 3.63) is 35.9 Å². The summed E-state index contributed by atoms with van der Waals surface area (Å²) in [6.07, 6.45) is 1.59. The average Bonchev–Trinajstić information content (AvgIpc) is 3.32. The fourth-order valence-electron chi connectivity index (χ4n) is 8.18. The van der Waals surface area contributed by atoms with Crippen LogP contribution in [0.4, 0.5) is 0 Å². The van der Waals surface area contributed by atoms with Crippen LogP contribution >= 0.6 is 0 Å². The van der Waals surface area contributed by atoms with E-state index in [1.165, 1.54) is 0 Å². The monoisotopic (exact) mass is 1020 g/mol. The maximum atomic E-state index is 14.3. The van der Waals surface area contributed by atoms with Crippen molar-refractivity contribution in [3.63, 3.8) is 0 Å². The molecule has 72 heavy (non-hydrogen) atoms. The summed E-state index contributed by atoms with van der Waals surface area (Å²) in [6, 6.07) is 0.140. The van der Waals surface area contributed by atoms with Gasteiger partial charge in [-0.25, -0.2) is 0 Å². The van der Waals surface area contributed by atoms with Crippen molar-refractivity contribution < 1.29 is 43.5 Å². The largest absolute Gasteiger partial charge is 0.393 e. The van der Waals surface area contributed by atoms with Gasteiger partial charge in [0.1, 0.15) is 36.3 Å². The van der Waals surface area contributed by atoms with E-state index >= 15 is 0 Å². The van der Waals surface area contributed by atoms with Crippen LogP contribution in [0.5, 0.6) is 0 Å². The number of benzene rings is 1. The number of amides is 8. The highest BCUT2D eigenvalue weighted by molar-refractivity contribution is 5.97. The second-order valence-electron chi connectivity index (χ2n) is 19.9. The summed E-state index contributed by atoms with van der Waals surface area (Å²) in [5, 5.41) is 36.1. The molecule has 22 heteroatoms. The van der Waals surface area contributed by atoms with Gasteiger partial charge in [-0.1, -0.05) is 78.3 Å². The Hall–Kier alpha value is -5.26. The highest BCUT2D eigenvalue weighted by atomic mass is 16.3. The minimum absolute atomic E-state index is 0.00977. The Labute approximate surface area is 426 Å². The van der Waals surface area contributed by atoms with E-state index in [1.54, 1.807) is 30.3 Å². The summed E-state index contributed by atoms with van der Waals surface area (Å²) in [6.45, 7) is 11.6. The second-order valence-corrected chi connectivity index (χ2v) is 19.9. The zero-order chi connectivity index (χ0) is 53.8. The SMILES string of the molecule is CCC(C)CCC(O)CC(=O)N[C@H](CCN)C(=O)N[C@H]1CCNC(=O)[C@H](CC(C)C)NC(=O)[C@H](CCN)NC(=O)[C@H](CCN)NC(=O)[C@@H](Cc2ccccc2)NC(=O)[C@H](CC(C)C)NC(=O)[C@H](CCN)NC1. The van der Waals surface area contributed by atoms with E-state index in [4.69, 9.17) is 22.9 Å². The molecule has 0 radical (unpaired) electrons. The summed E-state index contributed by atoms with van der Waals surface area (Å²) in [4.78, 5) is 112. The molecule has 1 aliphatic rings. The molecule has 18 N–H and O–H groups in total. The smallest absolute Gasteiger partial charge is 0.243 e. The van der Waals surface area contributed by atoms with Crippen LogP contribution in [0.15, 0.2) is 30.3 Å². The molecule has 0 aromatic heterocycles. The first kappa shape index (κ1) is 62.9. The molecule has 1 aliphatic heterocycles. The molecule has 0 aliphatic carbocycles. The molecular formula is C50H89N13O9. The van der Waals surface area contributed by atoms with Crippen molar-refractivity contribution in [3.8, 4) is 0 Å². The van der Waals surface area contributed by atoms with Crippen LogP contribution in [-0.4, -0.2) is 146 Å². The van der Waals surface area contributed by atoms with Gasteiger partial charge in [-0.3, -0.25) is 38.4 Å². The Balaban J connectivity index is 2.64. The van der Waals surface area contributed by atoms with E-state index in [9.17, 15) is 43.5 Å². The molecule has 408 valence electrons. The van der Waals surface area contributed by atoms with Crippen LogP contribution in [-0.2, 0) is 44.8 Å². The Bertz CT molecular complexity index is 1840. The molecule has 0 bridgehead atoms. The number of aliphatic hydroxyl groups is 1. The Morgan fingerprint density at radius 2 is 1.12 bits per heavy atom. The minimum Gasteiger partial charge on any atom is -0.393 e. The van der Waals surface area contributed by atoms with Gasteiger partial charge < -0.3 is 75.9 Å². The standard InChI is InChI=1S/C50H89N13O9/c1-7-32(6)13-14-35(64)28-43(65)58-37(16-21-52)46(68)57-34-19-24-55-44(66)40(25-30(2)3)61-48(70)39(18-23-54)59-47(69)38(17-22-53)60-50(72)42(27-33-11-9-8-10-12-33)63-49(71)41(26-31(4)5)62-45(67)36(15-20-51)56-29-34/h8-12,30-32,34-42,56,64H,7,13-29,51-54H2,1-6H3,(H,55,66)(H,57,68)(H,58,65)(H,59,69)(H,60,72)(H,61,70)(H,62,67)(H,63,71)/t32?,34-,35?,36-,37+,38-,39-,40-,41-,42+/m0/s1. The lowest BCUT2D eigenvalue weighted by Crippen LogP contribution is -2.60. The van der Waals surface area contributed by atoms with E-state index < -0.39 is 102 Å². The molecule has 10 atom stereocenters. The van der Waals surface area contributed by atoms with Crippen molar-refractivity contribution in [2.45, 2.75) is 173 Å². The number of carbonyl (C=O) groups excluding carboxylic acids is 8. The summed E-state index contributed by atoms with van der Waals surface area (Å²) >= 11 is 0. The van der Waals surface area contributed by atoms with Crippen LogP contribution < -0.4 is 70.8 Å². The molecule has 1 heterocycles. The highest BCUT2D eigenvalue weighted by Crippen LogP contribution is 2.14. The molecule has 2 rings (SSSR count). The summed E-state index contributed by atoms with van der Waals surface area (Å²) in [5.74, 6) is -4.86. The van der Waals surface area contributed by atoms with Gasteiger partial charge in [0.2, 0.25) is 47.3 Å². The number of hydrogen-bond donors (Lipinski definition) is 14. The Morgan fingerprint density at radius 1 is 0.639 bits per heavy atom. The van der Waals surface area contributed by atoms with Crippen LogP contribution in [0.25, 0.3) is 0 Å². The maximum absolute atomic E-state index is 14.3. The Morgan fingerprint density at radius 3 is 1.65 bits per heavy atom. The molecule has 1 saturated heterocycles. The summed E-state index contributed by atoms with van der Waals surface area (Å²) in [7, 11) is 0. The molecule has 0 spiro atoms. The lowest BCUT2D eigenvalue weighted by molar-refractivity contribution is -0.135. The highest BCUT2D eigenvalue weighted by Gasteiger charge is 2.34. The van der Waals surface area contributed by atoms with Crippen LogP contribution in [0.2, 0.25) is 0 Å². The number of aliphatic hydroxyl groups excluding tert-OH is 1. The molecule has 2 unspecified atom stereocenters. The van der Waals surface area contributed by atoms with Crippen molar-refractivity contribution in [1.29, 1.82) is 0 Å². The molecule has 1 aromatic carbocycles. The van der Waals surface area contributed by atoms with Gasteiger partial charge in [0.05, 0.1) is 18.6 Å². The number of carbonyl (C=O) groups is 8. The predicted octanol–water partition coefficient (Wildman–Crippen LogP) is -1.83. The third-order valence-electron chi connectivity index (χ3n) is 12.5. The van der Waals surface area contributed by atoms with Gasteiger partial charge in [0.25, 0.3) is 0 Å². The van der Waals surface area contributed by atoms with Crippen LogP contribution in [0, 0.1) is 17.8 Å². The first-order chi connectivity index (χ1) is 34.2. The van der Waals surface area contributed by atoms with Crippen LogP contribution in [0.1, 0.15) is 118 Å². The summed E-state index contributed by atoms with van der Waals surface area (Å²) < 4.78 is 0. The maximum Gasteiger partial charge on any atom is 0.243 e. The van der Waals surface area contributed by atoms with E-state index in [2.05, 4.69) is 61.7 Å². The molecule has 22 nitrogen and oxygen atoms in total. The minimum atomic E-state index is -1.25. The normalized spacial score (nSPS) is 23.9.